The maximum atomic E-state index is 11.3. The van der Waals surface area contributed by atoms with E-state index < -0.39 is 6.09 Å². The molecule has 0 rings (SSSR count). The lowest BCUT2D eigenvalue weighted by atomic mass is 10.8. The number of carbonyl (C=O) groups excluding carboxylic acids is 1. The van der Waals surface area contributed by atoms with Gasteiger partial charge in [-0.3, -0.25) is 0 Å². The molecule has 0 unspecified atom stereocenters. The van der Waals surface area contributed by atoms with Gasteiger partial charge in [0, 0.05) is 21.7 Å². The Morgan fingerprint density at radius 1 is 1.16 bits per heavy atom. The fourth-order valence-electron chi connectivity index (χ4n) is 1.04. The topological polar surface area (TPSA) is 89.4 Å². The molecule has 0 aromatic rings. The molecule has 7 nitrogen and oxygen atoms in total. The molecule has 0 saturated carbocycles. The summed E-state index contributed by atoms with van der Waals surface area (Å²) in [4.78, 5) is 25.0. The third-order valence-electron chi connectivity index (χ3n) is 2.04. The van der Waals surface area contributed by atoms with E-state index in [2.05, 4.69) is 17.2 Å². The van der Waals surface area contributed by atoms with Crippen LogP contribution in [0.1, 0.15) is 6.92 Å². The molecule has 0 saturated heterocycles. The fraction of sp³-hybridized carbons (Fsp3) is 0.846. The summed E-state index contributed by atoms with van der Waals surface area (Å²) in [6.45, 7) is 2.56. The summed E-state index contributed by atoms with van der Waals surface area (Å²) in [7, 11) is 0. The van der Waals surface area contributed by atoms with Crippen molar-refractivity contribution in [2.24, 2.45) is 4.99 Å². The molecule has 0 aliphatic rings. The Labute approximate surface area is 170 Å². The van der Waals surface area contributed by atoms with Crippen LogP contribution in [0.15, 0.2) is 4.99 Å². The maximum Gasteiger partial charge on any atom is 0.407 e. The van der Waals surface area contributed by atoms with Crippen molar-refractivity contribution in [2.45, 2.75) is 6.92 Å². The van der Waals surface area contributed by atoms with Crippen LogP contribution in [0.2, 0.25) is 0 Å². The monoisotopic (exact) mass is 450 g/mol. The molecule has 0 spiro atoms. The van der Waals surface area contributed by atoms with Crippen LogP contribution < -0.4 is 5.32 Å². The smallest absolute Gasteiger partial charge is 0.407 e. The Morgan fingerprint density at radius 2 is 2.00 bits per heavy atom. The number of amides is 1. The van der Waals surface area contributed by atoms with E-state index >= 15 is 0 Å². The molecule has 1 amide bonds. The van der Waals surface area contributed by atoms with Gasteiger partial charge in [0.15, 0.2) is 0 Å². The van der Waals surface area contributed by atoms with Gasteiger partial charge in [0.25, 0.3) is 0 Å². The highest BCUT2D eigenvalue weighted by Crippen LogP contribution is 2.17. The number of hydrogen-bond acceptors (Lipinski definition) is 11. The molecule has 0 atom stereocenters. The zero-order valence-electron chi connectivity index (χ0n) is 14.2. The standard InChI is InChI=1S/C13H26N2O5S5/c1-2-21-10-20-19-7-14-8-23-11-25-12-24-9-15-13(17)18-4-6-22-5-3-16/h7,16H,2-6,8-12H2,1H3,(H,15,17)/b14-7+. The minimum atomic E-state index is -0.398. The van der Waals surface area contributed by atoms with Crippen LogP contribution in [0.5, 0.6) is 0 Å². The van der Waals surface area contributed by atoms with Gasteiger partial charge >= 0.3 is 6.09 Å². The van der Waals surface area contributed by atoms with E-state index in [1.165, 1.54) is 6.40 Å². The number of carbonyl (C=O) groups is 1. The van der Waals surface area contributed by atoms with Crippen molar-refractivity contribution < 1.29 is 24.4 Å². The Bertz CT molecular complexity index is 329. The first-order chi connectivity index (χ1) is 12.3. The van der Waals surface area contributed by atoms with Crippen molar-refractivity contribution in [3.05, 3.63) is 0 Å². The molecule has 0 bridgehead atoms. The van der Waals surface area contributed by atoms with Crippen LogP contribution in [0.3, 0.4) is 0 Å². The number of nitrogens with zero attached hydrogens (tertiary/aromatic N) is 1. The van der Waals surface area contributed by atoms with Crippen LogP contribution in [0.25, 0.3) is 0 Å². The van der Waals surface area contributed by atoms with E-state index in [4.69, 9.17) is 19.6 Å². The molecule has 0 aromatic carbocycles. The molecule has 0 fully saturated rings. The van der Waals surface area contributed by atoms with E-state index in [-0.39, 0.29) is 6.61 Å². The lowest BCUT2D eigenvalue weighted by Gasteiger charge is -2.06. The zero-order valence-corrected chi connectivity index (χ0v) is 18.3. The number of thioether (sulfide) groups is 5. The number of ether oxygens (including phenoxy) is 1. The SMILES string of the molecule is CCSCOO/C=N/CSCSCSCNC(=O)OCCSCCO. The number of hydrogen-bond donors (Lipinski definition) is 2. The van der Waals surface area contributed by atoms with Crippen molar-refractivity contribution in [1.29, 1.82) is 0 Å². The molecule has 0 heterocycles. The number of aliphatic imine (C=N–C) groups is 1. The van der Waals surface area contributed by atoms with Crippen LogP contribution in [0.4, 0.5) is 4.79 Å². The summed E-state index contributed by atoms with van der Waals surface area (Å²) >= 11 is 8.26. The van der Waals surface area contributed by atoms with Crippen LogP contribution in [-0.4, -0.2) is 75.9 Å². The third kappa shape index (κ3) is 22.4. The average molecular weight is 451 g/mol. The minimum absolute atomic E-state index is 0.149. The summed E-state index contributed by atoms with van der Waals surface area (Å²) in [5.74, 6) is 4.02. The Balaban J connectivity index is 3.17. The van der Waals surface area contributed by atoms with Gasteiger partial charge in [0.2, 0.25) is 6.40 Å². The summed E-state index contributed by atoms with van der Waals surface area (Å²) in [6, 6.07) is 0. The largest absolute Gasteiger partial charge is 0.449 e. The zero-order chi connectivity index (χ0) is 18.4. The molecular formula is C13H26N2O5S5. The van der Waals surface area contributed by atoms with Crippen LogP contribution in [-0.2, 0) is 14.5 Å². The minimum Gasteiger partial charge on any atom is -0.449 e. The maximum absolute atomic E-state index is 11.3. The van der Waals surface area contributed by atoms with Gasteiger partial charge in [-0.05, 0) is 5.75 Å². The van der Waals surface area contributed by atoms with Gasteiger partial charge in [-0.15, -0.1) is 47.0 Å². The van der Waals surface area contributed by atoms with Gasteiger partial charge in [0.05, 0.1) is 18.4 Å². The molecule has 148 valence electrons. The second kappa shape index (κ2) is 22.5. The number of nitrogens with one attached hydrogen (secondary N) is 1. The summed E-state index contributed by atoms with van der Waals surface area (Å²) in [5, 5.41) is 13.1. The number of aliphatic hydroxyl groups excluding tert-OH is 1. The highest BCUT2D eigenvalue weighted by Gasteiger charge is 2.00. The molecule has 0 aliphatic heterocycles. The van der Waals surface area contributed by atoms with E-state index in [0.717, 1.165) is 15.9 Å². The Hall–Kier alpha value is 0.410. The first kappa shape index (κ1) is 25.4. The van der Waals surface area contributed by atoms with Crippen molar-refractivity contribution in [3.63, 3.8) is 0 Å². The molecule has 0 aliphatic carbocycles. The third-order valence-corrected chi connectivity index (χ3v) is 6.98. The van der Waals surface area contributed by atoms with Gasteiger partial charge < -0.3 is 20.0 Å². The number of rotatable bonds is 18. The molecular weight excluding hydrogens is 424 g/mol. The van der Waals surface area contributed by atoms with Gasteiger partial charge in [0.1, 0.15) is 12.5 Å². The van der Waals surface area contributed by atoms with Gasteiger partial charge in [-0.1, -0.05) is 6.92 Å². The lowest BCUT2D eigenvalue weighted by molar-refractivity contribution is -0.196. The predicted molar refractivity (Wildman–Crippen MR) is 115 cm³/mol. The van der Waals surface area contributed by atoms with E-state index in [1.807, 2.05) is 0 Å². The second-order valence-corrected chi connectivity index (χ2v) is 9.99. The molecule has 12 heteroatoms. The van der Waals surface area contributed by atoms with Crippen molar-refractivity contribution in [1.82, 2.24) is 5.32 Å². The van der Waals surface area contributed by atoms with E-state index in [9.17, 15) is 4.79 Å². The predicted octanol–water partition coefficient (Wildman–Crippen LogP) is 3.15. The molecule has 25 heavy (non-hydrogen) atoms. The highest BCUT2D eigenvalue weighted by molar-refractivity contribution is 8.22. The van der Waals surface area contributed by atoms with Gasteiger partial charge in [-0.2, -0.15) is 16.6 Å². The van der Waals surface area contributed by atoms with Crippen molar-refractivity contribution >= 4 is 71.3 Å². The highest BCUT2D eigenvalue weighted by atomic mass is 32.2. The summed E-state index contributed by atoms with van der Waals surface area (Å²) in [6.07, 6.45) is 0.922. The van der Waals surface area contributed by atoms with Crippen LogP contribution in [0, 0.1) is 0 Å². The first-order valence-electron chi connectivity index (χ1n) is 7.48. The van der Waals surface area contributed by atoms with Crippen molar-refractivity contribution in [2.75, 3.05) is 58.3 Å². The first-order valence-corrected chi connectivity index (χ1v) is 13.2. The molecule has 0 aromatic heterocycles. The summed E-state index contributed by atoms with van der Waals surface area (Å²) in [5.41, 5.74) is 0. The fourth-order valence-corrected chi connectivity index (χ4v) is 4.71. The number of alkyl carbamates (subject to hydrolysis) is 1. The second-order valence-electron chi connectivity index (χ2n) is 3.88. The van der Waals surface area contributed by atoms with E-state index in [1.54, 1.807) is 58.8 Å². The number of aliphatic hydroxyl groups is 1. The average Bonchev–Trinajstić information content (AvgIpc) is 2.62. The molecule has 2 N–H and O–H groups in total. The summed E-state index contributed by atoms with van der Waals surface area (Å²) < 4.78 is 4.99. The van der Waals surface area contributed by atoms with Crippen molar-refractivity contribution in [3.8, 4) is 0 Å². The molecule has 0 radical (unpaired) electrons. The normalized spacial score (nSPS) is 11.0. The van der Waals surface area contributed by atoms with E-state index in [0.29, 0.717) is 35.8 Å². The quantitative estimate of drug-likeness (QED) is 0.0810. The van der Waals surface area contributed by atoms with Crippen LogP contribution >= 0.6 is 58.8 Å². The lowest BCUT2D eigenvalue weighted by Crippen LogP contribution is -2.24. The Morgan fingerprint density at radius 3 is 2.80 bits per heavy atom. The Kier molecular flexibility index (Phi) is 22.8. The van der Waals surface area contributed by atoms with Gasteiger partial charge in [-0.25, -0.2) is 9.79 Å².